The van der Waals surface area contributed by atoms with E-state index in [0.717, 1.165) is 38.0 Å². The summed E-state index contributed by atoms with van der Waals surface area (Å²) < 4.78 is 31.0. The Morgan fingerprint density at radius 3 is 2.70 bits per heavy atom. The van der Waals surface area contributed by atoms with Crippen LogP contribution in [0.1, 0.15) is 41.6 Å². The van der Waals surface area contributed by atoms with Crippen molar-refractivity contribution in [3.8, 4) is 28.9 Å². The monoisotopic (exact) mass is 504 g/mol. The third-order valence-corrected chi connectivity index (χ3v) is 6.52. The minimum Gasteiger partial charge on any atom is -0.496 e. The predicted molar refractivity (Wildman–Crippen MR) is 137 cm³/mol. The zero-order chi connectivity index (χ0) is 25.6. The Balaban J connectivity index is 1.30. The normalized spacial score (nSPS) is 14.0. The van der Waals surface area contributed by atoms with Gasteiger partial charge in [-0.1, -0.05) is 12.5 Å². The molecule has 0 spiro atoms. The summed E-state index contributed by atoms with van der Waals surface area (Å²) in [5, 5.41) is 10.7. The van der Waals surface area contributed by atoms with Crippen LogP contribution in [0.3, 0.4) is 0 Å². The lowest BCUT2D eigenvalue weighted by molar-refractivity contribution is 0.102. The number of likely N-dealkylation sites (tertiary alicyclic amines) is 1. The Morgan fingerprint density at radius 1 is 1.08 bits per heavy atom. The number of nitrogens with zero attached hydrogens (tertiary/aromatic N) is 3. The number of piperidine rings is 1. The summed E-state index contributed by atoms with van der Waals surface area (Å²) >= 11 is 0. The van der Waals surface area contributed by atoms with E-state index in [2.05, 4.69) is 20.4 Å². The Morgan fingerprint density at radius 2 is 1.92 bits per heavy atom. The highest BCUT2D eigenvalue weighted by molar-refractivity contribution is 6.06. The van der Waals surface area contributed by atoms with E-state index in [1.807, 2.05) is 12.1 Å². The van der Waals surface area contributed by atoms with Crippen LogP contribution in [0.25, 0.3) is 23.1 Å². The number of methoxy groups -OCH3 is 1. The highest BCUT2D eigenvalue weighted by Crippen LogP contribution is 2.29. The van der Waals surface area contributed by atoms with E-state index in [4.69, 9.17) is 13.6 Å². The second kappa shape index (κ2) is 11.4. The van der Waals surface area contributed by atoms with Crippen molar-refractivity contribution in [2.75, 3.05) is 32.1 Å². The first-order valence-corrected chi connectivity index (χ1v) is 12.5. The lowest BCUT2D eigenvalue weighted by Gasteiger charge is -2.26. The molecule has 5 rings (SSSR count). The smallest absolute Gasteiger partial charge is 0.283 e. The molecule has 0 atom stereocenters. The minimum absolute atomic E-state index is 0.00203. The first-order chi connectivity index (χ1) is 18.1. The van der Waals surface area contributed by atoms with Gasteiger partial charge in [0.05, 0.1) is 24.6 Å². The molecule has 0 bridgehead atoms. The Hall–Kier alpha value is -3.98. The van der Waals surface area contributed by atoms with Gasteiger partial charge in [-0.25, -0.2) is 4.39 Å². The Bertz CT molecular complexity index is 1350. The first kappa shape index (κ1) is 24.7. The lowest BCUT2D eigenvalue weighted by Crippen LogP contribution is -2.30. The number of furan rings is 1. The molecule has 0 unspecified atom stereocenters. The molecule has 1 aliphatic heterocycles. The number of halogens is 1. The van der Waals surface area contributed by atoms with Crippen molar-refractivity contribution in [1.29, 1.82) is 0 Å². The number of carbonyl (C=O) groups excluding carboxylic acids is 1. The van der Waals surface area contributed by atoms with Gasteiger partial charge in [0.1, 0.15) is 11.6 Å². The topological polar surface area (TPSA) is 93.6 Å². The molecule has 2 aromatic heterocycles. The number of aromatic nitrogens is 2. The van der Waals surface area contributed by atoms with Gasteiger partial charge in [-0.2, -0.15) is 0 Å². The largest absolute Gasteiger partial charge is 0.496 e. The van der Waals surface area contributed by atoms with Crippen LogP contribution >= 0.6 is 0 Å². The third-order valence-electron chi connectivity index (χ3n) is 6.52. The van der Waals surface area contributed by atoms with Crippen molar-refractivity contribution in [2.24, 2.45) is 0 Å². The van der Waals surface area contributed by atoms with E-state index in [1.54, 1.807) is 18.2 Å². The van der Waals surface area contributed by atoms with E-state index in [9.17, 15) is 9.18 Å². The van der Waals surface area contributed by atoms with Crippen molar-refractivity contribution in [1.82, 2.24) is 15.1 Å². The molecule has 0 radical (unpaired) electrons. The maximum atomic E-state index is 14.7. The van der Waals surface area contributed by atoms with Gasteiger partial charge in [-0.15, -0.1) is 10.2 Å². The van der Waals surface area contributed by atoms with Crippen molar-refractivity contribution in [3.05, 3.63) is 71.7 Å². The summed E-state index contributed by atoms with van der Waals surface area (Å²) in [6, 6.07) is 13.2. The van der Waals surface area contributed by atoms with E-state index in [1.165, 1.54) is 50.8 Å². The van der Waals surface area contributed by atoms with E-state index < -0.39 is 11.7 Å². The number of benzene rings is 2. The van der Waals surface area contributed by atoms with Gasteiger partial charge in [-0.05, 0) is 93.3 Å². The molecular formula is C28H29FN4O4. The summed E-state index contributed by atoms with van der Waals surface area (Å²) in [7, 11) is 1.51. The molecule has 1 N–H and O–H groups in total. The molecule has 1 amide bonds. The fraction of sp³-hybridized carbons (Fsp3) is 0.321. The molecule has 192 valence electrons. The minimum atomic E-state index is -0.584. The van der Waals surface area contributed by atoms with Crippen molar-refractivity contribution < 1.29 is 22.8 Å². The van der Waals surface area contributed by atoms with Gasteiger partial charge in [0.25, 0.3) is 11.8 Å². The first-order valence-electron chi connectivity index (χ1n) is 12.5. The molecule has 1 fully saturated rings. The number of nitrogens with one attached hydrogen (secondary N) is 1. The number of rotatable bonds is 9. The Labute approximate surface area is 214 Å². The van der Waals surface area contributed by atoms with Gasteiger partial charge in [-0.3, -0.25) is 4.79 Å². The van der Waals surface area contributed by atoms with Gasteiger partial charge >= 0.3 is 0 Å². The summed E-state index contributed by atoms with van der Waals surface area (Å²) in [6.45, 7) is 3.37. The van der Waals surface area contributed by atoms with Gasteiger partial charge < -0.3 is 23.8 Å². The molecule has 4 aromatic rings. The number of carbonyl (C=O) groups is 1. The predicted octanol–water partition coefficient (Wildman–Crippen LogP) is 5.82. The zero-order valence-corrected chi connectivity index (χ0v) is 20.7. The van der Waals surface area contributed by atoms with E-state index in [0.29, 0.717) is 22.6 Å². The van der Waals surface area contributed by atoms with Gasteiger partial charge in [0, 0.05) is 5.56 Å². The van der Waals surface area contributed by atoms with Crippen LogP contribution in [-0.2, 0) is 6.42 Å². The highest BCUT2D eigenvalue weighted by Gasteiger charge is 2.18. The Kier molecular flexibility index (Phi) is 7.60. The number of anilines is 1. The molecule has 8 nitrogen and oxygen atoms in total. The van der Waals surface area contributed by atoms with Crippen LogP contribution in [0.2, 0.25) is 0 Å². The molecule has 37 heavy (non-hydrogen) atoms. The van der Waals surface area contributed by atoms with Crippen molar-refractivity contribution in [2.45, 2.75) is 32.1 Å². The molecule has 0 saturated carbocycles. The van der Waals surface area contributed by atoms with Gasteiger partial charge in [0.2, 0.25) is 5.89 Å². The molecule has 3 heterocycles. The molecular weight excluding hydrogens is 475 g/mol. The second-order valence-corrected chi connectivity index (χ2v) is 9.08. The highest BCUT2D eigenvalue weighted by atomic mass is 19.1. The number of aryl methyl sites for hydroxylation is 1. The third kappa shape index (κ3) is 5.89. The standard InChI is InChI=1S/C28H29FN4O4/c1-35-24-12-9-19(7-5-15-33-13-3-2-4-14-33)17-21(24)26(34)30-23-18-20(10-11-22(23)29)27-31-32-28(37-27)25-8-6-16-36-25/h6,8-12,16-18H,2-5,7,13-15H2,1H3,(H,30,34). The summed E-state index contributed by atoms with van der Waals surface area (Å²) in [6.07, 6.45) is 7.21. The quantitative estimate of drug-likeness (QED) is 0.307. The van der Waals surface area contributed by atoms with Crippen LogP contribution in [0.15, 0.2) is 63.6 Å². The van der Waals surface area contributed by atoms with E-state index in [-0.39, 0.29) is 17.5 Å². The molecule has 2 aromatic carbocycles. The molecule has 1 aliphatic rings. The maximum Gasteiger partial charge on any atom is 0.283 e. The summed E-state index contributed by atoms with van der Waals surface area (Å²) in [4.78, 5) is 15.7. The number of hydrogen-bond acceptors (Lipinski definition) is 7. The molecule has 0 aliphatic carbocycles. The van der Waals surface area contributed by atoms with Crippen LogP contribution in [-0.4, -0.2) is 47.7 Å². The van der Waals surface area contributed by atoms with Crippen LogP contribution in [0.5, 0.6) is 5.75 Å². The number of ether oxygens (including phenoxy) is 1. The lowest BCUT2D eigenvalue weighted by atomic mass is 10.0. The summed E-state index contributed by atoms with van der Waals surface area (Å²) in [5.41, 5.74) is 1.84. The average Bonchev–Trinajstić information content (AvgIpc) is 3.63. The SMILES string of the molecule is COc1ccc(CCCN2CCCCC2)cc1C(=O)Nc1cc(-c2nnc(-c3ccco3)o2)ccc1F. The van der Waals surface area contributed by atoms with E-state index >= 15 is 0 Å². The van der Waals surface area contributed by atoms with Gasteiger partial charge in [0.15, 0.2) is 5.76 Å². The number of hydrogen-bond donors (Lipinski definition) is 1. The zero-order valence-electron chi connectivity index (χ0n) is 20.7. The van der Waals surface area contributed by atoms with Crippen LogP contribution in [0.4, 0.5) is 10.1 Å². The molecule has 9 heteroatoms. The average molecular weight is 505 g/mol. The number of amides is 1. The summed E-state index contributed by atoms with van der Waals surface area (Å²) in [5.74, 6) is 0.185. The second-order valence-electron chi connectivity index (χ2n) is 9.08. The fourth-order valence-electron chi connectivity index (χ4n) is 4.56. The van der Waals surface area contributed by atoms with Crippen molar-refractivity contribution in [3.63, 3.8) is 0 Å². The van der Waals surface area contributed by atoms with Crippen molar-refractivity contribution >= 4 is 11.6 Å². The van der Waals surface area contributed by atoms with Crippen LogP contribution < -0.4 is 10.1 Å². The fourth-order valence-corrected chi connectivity index (χ4v) is 4.56. The molecule has 1 saturated heterocycles. The van der Waals surface area contributed by atoms with Crippen LogP contribution in [0, 0.1) is 5.82 Å². The maximum absolute atomic E-state index is 14.7.